The van der Waals surface area contributed by atoms with Crippen LogP contribution in [0.15, 0.2) is 24.3 Å². The Morgan fingerprint density at radius 2 is 1.87 bits per heavy atom. The lowest BCUT2D eigenvalue weighted by atomic mass is 10.1. The summed E-state index contributed by atoms with van der Waals surface area (Å²) < 4.78 is 37.0. The monoisotopic (exact) mass is 555 g/mol. The van der Waals surface area contributed by atoms with Gasteiger partial charge < -0.3 is 14.6 Å². The third-order valence-corrected chi connectivity index (χ3v) is 6.47. The fourth-order valence-electron chi connectivity index (χ4n) is 2.92. The molecule has 1 N–H and O–H groups in total. The van der Waals surface area contributed by atoms with Crippen molar-refractivity contribution in [2.24, 2.45) is 0 Å². The third kappa shape index (κ3) is 12.7. The van der Waals surface area contributed by atoms with Crippen molar-refractivity contribution in [2.75, 3.05) is 32.6 Å². The molecule has 0 fully saturated rings. The standard InChI is InChI=1S/C21H34INO6S/c1-3-28-21(25)13-6-4-5-7-14-23(30(2,26)27)15-9-11-19(24)17-29-20-12-8-10-18(22)16-20/h8,10,12,16,19,24H,3-7,9,11,13-15,17H2,1-2H3. The summed E-state index contributed by atoms with van der Waals surface area (Å²) in [6.07, 6.45) is 5.23. The maximum absolute atomic E-state index is 12.0. The van der Waals surface area contributed by atoms with E-state index in [1.54, 1.807) is 6.92 Å². The summed E-state index contributed by atoms with van der Waals surface area (Å²) in [4.78, 5) is 11.3. The van der Waals surface area contributed by atoms with Crippen LogP contribution in [0.4, 0.5) is 0 Å². The molecule has 0 aliphatic rings. The van der Waals surface area contributed by atoms with Crippen LogP contribution in [0, 0.1) is 3.57 Å². The lowest BCUT2D eigenvalue weighted by Crippen LogP contribution is -2.32. The van der Waals surface area contributed by atoms with Gasteiger partial charge in [0.15, 0.2) is 0 Å². The molecule has 0 radical (unpaired) electrons. The summed E-state index contributed by atoms with van der Waals surface area (Å²) in [5.74, 6) is 0.529. The van der Waals surface area contributed by atoms with Gasteiger partial charge in [0.25, 0.3) is 0 Å². The van der Waals surface area contributed by atoms with Gasteiger partial charge in [-0.25, -0.2) is 12.7 Å². The molecule has 0 heterocycles. The lowest BCUT2D eigenvalue weighted by Gasteiger charge is -2.20. The van der Waals surface area contributed by atoms with E-state index in [0.29, 0.717) is 44.7 Å². The van der Waals surface area contributed by atoms with E-state index in [-0.39, 0.29) is 12.6 Å². The molecule has 0 aliphatic carbocycles. The SMILES string of the molecule is CCOC(=O)CCCCCCN(CCCC(O)COc1cccc(I)c1)S(C)(=O)=O. The Morgan fingerprint density at radius 3 is 2.53 bits per heavy atom. The van der Waals surface area contributed by atoms with Gasteiger partial charge in [0.1, 0.15) is 12.4 Å². The number of halogens is 1. The molecule has 0 aliphatic heterocycles. The minimum absolute atomic E-state index is 0.180. The second-order valence-corrected chi connectivity index (χ2v) is 10.4. The number of carbonyl (C=O) groups excluding carboxylic acids is 1. The minimum Gasteiger partial charge on any atom is -0.491 e. The largest absolute Gasteiger partial charge is 0.491 e. The predicted octanol–water partition coefficient (Wildman–Crippen LogP) is 3.59. The summed E-state index contributed by atoms with van der Waals surface area (Å²) in [5, 5.41) is 10.1. The number of sulfonamides is 1. The molecular formula is C21H34INO6S. The molecule has 30 heavy (non-hydrogen) atoms. The van der Waals surface area contributed by atoms with Gasteiger partial charge in [-0.05, 0) is 73.4 Å². The zero-order chi connectivity index (χ0) is 22.4. The molecule has 0 spiro atoms. The van der Waals surface area contributed by atoms with Crippen molar-refractivity contribution in [1.29, 1.82) is 0 Å². The van der Waals surface area contributed by atoms with Crippen LogP contribution in [0.2, 0.25) is 0 Å². The van der Waals surface area contributed by atoms with Gasteiger partial charge in [-0.2, -0.15) is 0 Å². The van der Waals surface area contributed by atoms with Gasteiger partial charge in [-0.15, -0.1) is 0 Å². The van der Waals surface area contributed by atoms with Gasteiger partial charge >= 0.3 is 5.97 Å². The van der Waals surface area contributed by atoms with Crippen molar-refractivity contribution >= 4 is 38.6 Å². The van der Waals surface area contributed by atoms with E-state index in [2.05, 4.69) is 22.6 Å². The zero-order valence-electron chi connectivity index (χ0n) is 17.9. The highest BCUT2D eigenvalue weighted by Crippen LogP contribution is 2.15. The number of unbranched alkanes of at least 4 members (excludes halogenated alkanes) is 3. The first-order valence-corrected chi connectivity index (χ1v) is 13.3. The number of rotatable bonds is 16. The Hall–Kier alpha value is -0.910. The molecule has 0 bridgehead atoms. The second kappa shape index (κ2) is 15.0. The van der Waals surface area contributed by atoms with Crippen LogP contribution < -0.4 is 4.74 Å². The van der Waals surface area contributed by atoms with Crippen LogP contribution in [-0.2, 0) is 19.6 Å². The molecule has 7 nitrogen and oxygen atoms in total. The van der Waals surface area contributed by atoms with Crippen molar-refractivity contribution in [2.45, 2.75) is 58.0 Å². The summed E-state index contributed by atoms with van der Waals surface area (Å²) in [6.45, 7) is 3.19. The van der Waals surface area contributed by atoms with Gasteiger partial charge in [0.05, 0.1) is 19.0 Å². The van der Waals surface area contributed by atoms with E-state index in [1.807, 2.05) is 24.3 Å². The summed E-state index contributed by atoms with van der Waals surface area (Å²) in [5.41, 5.74) is 0. The Balaban J connectivity index is 2.25. The number of hydrogen-bond donors (Lipinski definition) is 1. The number of carbonyl (C=O) groups is 1. The molecule has 9 heteroatoms. The Bertz CT molecular complexity index is 728. The highest BCUT2D eigenvalue weighted by molar-refractivity contribution is 14.1. The molecule has 172 valence electrons. The Labute approximate surface area is 194 Å². The summed E-state index contributed by atoms with van der Waals surface area (Å²) in [6, 6.07) is 7.59. The van der Waals surface area contributed by atoms with E-state index in [4.69, 9.17) is 9.47 Å². The molecule has 1 aromatic carbocycles. The highest BCUT2D eigenvalue weighted by atomic mass is 127. The number of esters is 1. The molecule has 0 aromatic heterocycles. The number of ether oxygens (including phenoxy) is 2. The smallest absolute Gasteiger partial charge is 0.305 e. The van der Waals surface area contributed by atoms with Gasteiger partial charge in [-0.3, -0.25) is 4.79 Å². The molecule has 1 aromatic rings. The molecule has 1 unspecified atom stereocenters. The molecule has 0 amide bonds. The van der Waals surface area contributed by atoms with Crippen LogP contribution in [0.25, 0.3) is 0 Å². The fourth-order valence-corrected chi connectivity index (χ4v) is 4.36. The van der Waals surface area contributed by atoms with E-state index >= 15 is 0 Å². The van der Waals surface area contributed by atoms with Crippen LogP contribution >= 0.6 is 22.6 Å². The van der Waals surface area contributed by atoms with E-state index in [1.165, 1.54) is 10.6 Å². The van der Waals surface area contributed by atoms with E-state index < -0.39 is 16.1 Å². The quantitative estimate of drug-likeness (QED) is 0.191. The van der Waals surface area contributed by atoms with Crippen molar-refractivity contribution in [3.63, 3.8) is 0 Å². The first-order chi connectivity index (χ1) is 14.2. The summed E-state index contributed by atoms with van der Waals surface area (Å²) >= 11 is 2.20. The average molecular weight is 555 g/mol. The van der Waals surface area contributed by atoms with Gasteiger partial charge in [0, 0.05) is 23.1 Å². The maximum atomic E-state index is 12.0. The van der Waals surface area contributed by atoms with Gasteiger partial charge in [0.2, 0.25) is 10.0 Å². The minimum atomic E-state index is -3.29. The van der Waals surface area contributed by atoms with E-state index in [0.717, 1.165) is 29.3 Å². The number of aliphatic hydroxyl groups excluding tert-OH is 1. The molecule has 1 rings (SSSR count). The third-order valence-electron chi connectivity index (χ3n) is 4.50. The maximum Gasteiger partial charge on any atom is 0.305 e. The molecule has 1 atom stereocenters. The van der Waals surface area contributed by atoms with E-state index in [9.17, 15) is 18.3 Å². The molecule has 0 saturated heterocycles. The molecular weight excluding hydrogens is 521 g/mol. The average Bonchev–Trinajstić information content (AvgIpc) is 2.67. The number of hydrogen-bond acceptors (Lipinski definition) is 6. The van der Waals surface area contributed by atoms with Crippen molar-refractivity contribution in [3.8, 4) is 5.75 Å². The van der Waals surface area contributed by atoms with Crippen molar-refractivity contribution in [1.82, 2.24) is 4.31 Å². The van der Waals surface area contributed by atoms with Crippen molar-refractivity contribution in [3.05, 3.63) is 27.8 Å². The van der Waals surface area contributed by atoms with Crippen LogP contribution in [0.5, 0.6) is 5.75 Å². The zero-order valence-corrected chi connectivity index (χ0v) is 20.9. The van der Waals surface area contributed by atoms with Crippen LogP contribution in [0.3, 0.4) is 0 Å². The first kappa shape index (κ1) is 27.1. The fraction of sp³-hybridized carbons (Fsp3) is 0.667. The van der Waals surface area contributed by atoms with Crippen LogP contribution in [0.1, 0.15) is 51.9 Å². The molecule has 0 saturated carbocycles. The van der Waals surface area contributed by atoms with Crippen molar-refractivity contribution < 1.29 is 27.8 Å². The lowest BCUT2D eigenvalue weighted by molar-refractivity contribution is -0.143. The normalized spacial score (nSPS) is 12.7. The Kier molecular flexibility index (Phi) is 13.5. The van der Waals surface area contributed by atoms with Crippen LogP contribution in [-0.4, -0.2) is 62.5 Å². The first-order valence-electron chi connectivity index (χ1n) is 10.4. The second-order valence-electron chi connectivity index (χ2n) is 7.20. The predicted molar refractivity (Wildman–Crippen MR) is 126 cm³/mol. The Morgan fingerprint density at radius 1 is 1.17 bits per heavy atom. The highest BCUT2D eigenvalue weighted by Gasteiger charge is 2.16. The van der Waals surface area contributed by atoms with Gasteiger partial charge in [-0.1, -0.05) is 18.9 Å². The summed E-state index contributed by atoms with van der Waals surface area (Å²) in [7, 11) is -3.29. The number of benzene rings is 1. The number of aliphatic hydroxyl groups is 1. The topological polar surface area (TPSA) is 93.1 Å². The number of nitrogens with zero attached hydrogens (tertiary/aromatic N) is 1.